The van der Waals surface area contributed by atoms with Gasteiger partial charge in [-0.05, 0) is 24.1 Å². The molecule has 0 fully saturated rings. The van der Waals surface area contributed by atoms with E-state index in [-0.39, 0.29) is 11.8 Å². The van der Waals surface area contributed by atoms with Gasteiger partial charge in [0.25, 0.3) is 5.91 Å². The lowest BCUT2D eigenvalue weighted by molar-refractivity contribution is -0.144. The number of carbonyl (C=O) groups is 2. The van der Waals surface area contributed by atoms with Crippen molar-refractivity contribution in [3.63, 3.8) is 0 Å². The molecule has 3 N–H and O–H groups in total. The van der Waals surface area contributed by atoms with Crippen LogP contribution in [-0.2, 0) is 9.53 Å². The number of rotatable bonds is 5. The molecule has 1 rings (SSSR count). The number of hydrogen-bond donors (Lipinski definition) is 2. The highest BCUT2D eigenvalue weighted by molar-refractivity contribution is 5.97. The normalized spacial score (nSPS) is 13.4. The van der Waals surface area contributed by atoms with E-state index in [1.54, 1.807) is 24.3 Å². The fourth-order valence-corrected chi connectivity index (χ4v) is 1.70. The van der Waals surface area contributed by atoms with Gasteiger partial charge in [-0.1, -0.05) is 26.3 Å². The lowest BCUT2D eigenvalue weighted by Crippen LogP contribution is -2.45. The molecule has 1 aromatic rings. The smallest absolute Gasteiger partial charge is 0.328 e. The maximum atomic E-state index is 12.1. The molecule has 0 aliphatic rings. The van der Waals surface area contributed by atoms with Crippen molar-refractivity contribution >= 4 is 17.6 Å². The summed E-state index contributed by atoms with van der Waals surface area (Å²) in [6.07, 6.45) is 0.761. The minimum atomic E-state index is -0.649. The summed E-state index contributed by atoms with van der Waals surface area (Å²) >= 11 is 0. The second kappa shape index (κ2) is 6.78. The number of nitrogens with two attached hydrogens (primary N) is 1. The van der Waals surface area contributed by atoms with Crippen LogP contribution in [0.15, 0.2) is 24.3 Å². The van der Waals surface area contributed by atoms with Gasteiger partial charge in [-0.3, -0.25) is 4.79 Å². The highest BCUT2D eigenvalue weighted by Gasteiger charge is 2.26. The van der Waals surface area contributed by atoms with Crippen LogP contribution >= 0.6 is 0 Å². The summed E-state index contributed by atoms with van der Waals surface area (Å²) in [4.78, 5) is 23.8. The van der Waals surface area contributed by atoms with E-state index in [1.807, 2.05) is 13.8 Å². The molecule has 19 heavy (non-hydrogen) atoms. The van der Waals surface area contributed by atoms with Crippen molar-refractivity contribution < 1.29 is 14.3 Å². The number of carbonyl (C=O) groups excluding carboxylic acids is 2. The molecule has 0 saturated carbocycles. The molecule has 0 aliphatic carbocycles. The van der Waals surface area contributed by atoms with Gasteiger partial charge in [0.05, 0.1) is 7.11 Å². The quantitative estimate of drug-likeness (QED) is 0.625. The molecule has 0 radical (unpaired) electrons. The number of amides is 1. The summed E-state index contributed by atoms with van der Waals surface area (Å²) in [5.74, 6) is -0.771. The van der Waals surface area contributed by atoms with Crippen LogP contribution in [0.3, 0.4) is 0 Å². The van der Waals surface area contributed by atoms with E-state index in [2.05, 4.69) is 5.32 Å². The molecule has 0 saturated heterocycles. The van der Waals surface area contributed by atoms with Crippen molar-refractivity contribution in [1.82, 2.24) is 5.32 Å². The van der Waals surface area contributed by atoms with Gasteiger partial charge >= 0.3 is 5.97 Å². The number of ether oxygens (including phenoxy) is 1. The summed E-state index contributed by atoms with van der Waals surface area (Å²) < 4.78 is 4.72. The van der Waals surface area contributed by atoms with Gasteiger partial charge in [0.1, 0.15) is 6.04 Å². The van der Waals surface area contributed by atoms with Crippen LogP contribution in [0, 0.1) is 5.92 Å². The second-order valence-electron chi connectivity index (χ2n) is 4.49. The zero-order chi connectivity index (χ0) is 14.4. The van der Waals surface area contributed by atoms with E-state index in [0.29, 0.717) is 11.3 Å². The molecule has 2 atom stereocenters. The Bertz CT molecular complexity index is 460. The molecule has 104 valence electrons. The highest BCUT2D eigenvalue weighted by atomic mass is 16.5. The van der Waals surface area contributed by atoms with Crippen LogP contribution in [0.25, 0.3) is 0 Å². The zero-order valence-corrected chi connectivity index (χ0v) is 11.5. The molecule has 2 unspecified atom stereocenters. The van der Waals surface area contributed by atoms with Crippen molar-refractivity contribution in [2.24, 2.45) is 5.92 Å². The molecule has 1 aromatic carbocycles. The summed E-state index contributed by atoms with van der Waals surface area (Å²) in [7, 11) is 1.31. The Balaban J connectivity index is 2.84. The Kier molecular flexibility index (Phi) is 5.36. The molecule has 0 aliphatic heterocycles. The SMILES string of the molecule is CCC(C)C(NC(=O)c1cccc(N)c1)C(=O)OC. The molecule has 5 heteroatoms. The van der Waals surface area contributed by atoms with Crippen LogP contribution in [-0.4, -0.2) is 25.0 Å². The van der Waals surface area contributed by atoms with E-state index in [0.717, 1.165) is 6.42 Å². The van der Waals surface area contributed by atoms with Gasteiger partial charge in [0.2, 0.25) is 0 Å². The van der Waals surface area contributed by atoms with E-state index >= 15 is 0 Å². The second-order valence-corrected chi connectivity index (χ2v) is 4.49. The minimum absolute atomic E-state index is 0.00235. The van der Waals surface area contributed by atoms with Gasteiger partial charge in [-0.15, -0.1) is 0 Å². The fourth-order valence-electron chi connectivity index (χ4n) is 1.70. The average molecular weight is 264 g/mol. The number of benzene rings is 1. The molecular weight excluding hydrogens is 244 g/mol. The van der Waals surface area contributed by atoms with Crippen molar-refractivity contribution in [2.75, 3.05) is 12.8 Å². The number of hydrogen-bond acceptors (Lipinski definition) is 4. The summed E-state index contributed by atoms with van der Waals surface area (Å²) in [6.45, 7) is 3.84. The Labute approximate surface area is 113 Å². The predicted octanol–water partition coefficient (Wildman–Crippen LogP) is 1.59. The summed E-state index contributed by atoms with van der Waals surface area (Å²) in [5, 5.41) is 2.69. The monoisotopic (exact) mass is 264 g/mol. The zero-order valence-electron chi connectivity index (χ0n) is 11.5. The maximum Gasteiger partial charge on any atom is 0.328 e. The number of methoxy groups -OCH3 is 1. The predicted molar refractivity (Wildman–Crippen MR) is 73.6 cm³/mol. The van der Waals surface area contributed by atoms with Crippen molar-refractivity contribution in [1.29, 1.82) is 0 Å². The third-order valence-electron chi connectivity index (χ3n) is 3.10. The largest absolute Gasteiger partial charge is 0.467 e. The molecule has 0 heterocycles. The van der Waals surface area contributed by atoms with Crippen LogP contribution < -0.4 is 11.1 Å². The third-order valence-corrected chi connectivity index (χ3v) is 3.10. The lowest BCUT2D eigenvalue weighted by atomic mass is 9.99. The van der Waals surface area contributed by atoms with Crippen molar-refractivity contribution in [2.45, 2.75) is 26.3 Å². The van der Waals surface area contributed by atoms with Crippen LogP contribution in [0.2, 0.25) is 0 Å². The van der Waals surface area contributed by atoms with Gasteiger partial charge in [0.15, 0.2) is 0 Å². The molecule has 0 spiro atoms. The number of nitrogen functional groups attached to an aromatic ring is 1. The van der Waals surface area contributed by atoms with Crippen LogP contribution in [0.1, 0.15) is 30.6 Å². The summed E-state index contributed by atoms with van der Waals surface area (Å²) in [6, 6.07) is 5.96. The Morgan fingerprint density at radius 1 is 1.42 bits per heavy atom. The molecule has 5 nitrogen and oxygen atoms in total. The maximum absolute atomic E-state index is 12.1. The molecule has 0 bridgehead atoms. The molecule has 1 amide bonds. The van der Waals surface area contributed by atoms with Crippen molar-refractivity contribution in [3.8, 4) is 0 Å². The van der Waals surface area contributed by atoms with Crippen molar-refractivity contribution in [3.05, 3.63) is 29.8 Å². The standard InChI is InChI=1S/C14H20N2O3/c1-4-9(2)12(14(18)19-3)16-13(17)10-6-5-7-11(15)8-10/h5-9,12H,4,15H2,1-3H3,(H,16,17). The van der Waals surface area contributed by atoms with E-state index in [4.69, 9.17) is 10.5 Å². The first kappa shape index (κ1) is 15.0. The highest BCUT2D eigenvalue weighted by Crippen LogP contribution is 2.12. The van der Waals surface area contributed by atoms with Crippen LogP contribution in [0.4, 0.5) is 5.69 Å². The Hall–Kier alpha value is -2.04. The Morgan fingerprint density at radius 2 is 2.11 bits per heavy atom. The molecule has 0 aromatic heterocycles. The Morgan fingerprint density at radius 3 is 2.63 bits per heavy atom. The van der Waals surface area contributed by atoms with Gasteiger partial charge < -0.3 is 15.8 Å². The first-order chi connectivity index (χ1) is 8.99. The van der Waals surface area contributed by atoms with E-state index in [1.165, 1.54) is 7.11 Å². The fraction of sp³-hybridized carbons (Fsp3) is 0.429. The number of nitrogens with one attached hydrogen (secondary N) is 1. The van der Waals surface area contributed by atoms with Gasteiger partial charge in [-0.2, -0.15) is 0 Å². The lowest BCUT2D eigenvalue weighted by Gasteiger charge is -2.21. The topological polar surface area (TPSA) is 81.4 Å². The molecular formula is C14H20N2O3. The number of esters is 1. The average Bonchev–Trinajstić information content (AvgIpc) is 2.42. The third kappa shape index (κ3) is 3.98. The van der Waals surface area contributed by atoms with Crippen LogP contribution in [0.5, 0.6) is 0 Å². The summed E-state index contributed by atoms with van der Waals surface area (Å²) in [5.41, 5.74) is 6.56. The first-order valence-corrected chi connectivity index (χ1v) is 6.23. The van der Waals surface area contributed by atoms with E-state index in [9.17, 15) is 9.59 Å². The van der Waals surface area contributed by atoms with E-state index < -0.39 is 12.0 Å². The number of anilines is 1. The first-order valence-electron chi connectivity index (χ1n) is 6.23. The van der Waals surface area contributed by atoms with Gasteiger partial charge in [0, 0.05) is 11.3 Å². The van der Waals surface area contributed by atoms with Gasteiger partial charge in [-0.25, -0.2) is 4.79 Å². The minimum Gasteiger partial charge on any atom is -0.467 e.